The number of hydrogen-bond acceptors (Lipinski definition) is 4. The summed E-state index contributed by atoms with van der Waals surface area (Å²) in [5.41, 5.74) is 1.18. The number of amides is 1. The van der Waals surface area contributed by atoms with Crippen LogP contribution in [-0.4, -0.2) is 24.8 Å². The lowest BCUT2D eigenvalue weighted by molar-refractivity contribution is -0.146. The fraction of sp³-hybridized carbons (Fsp3) is 0.235. The van der Waals surface area contributed by atoms with Crippen molar-refractivity contribution in [2.75, 3.05) is 12.4 Å². The van der Waals surface area contributed by atoms with Crippen LogP contribution in [0.3, 0.4) is 0 Å². The maximum absolute atomic E-state index is 12.3. The third-order valence-corrected chi connectivity index (χ3v) is 5.71. The van der Waals surface area contributed by atoms with E-state index in [1.807, 2.05) is 18.2 Å². The third-order valence-electron chi connectivity index (χ3n) is 4.81. The van der Waals surface area contributed by atoms with Crippen molar-refractivity contribution in [2.24, 2.45) is 17.3 Å². The number of anilines is 1. The van der Waals surface area contributed by atoms with Crippen molar-refractivity contribution in [3.63, 3.8) is 0 Å². The van der Waals surface area contributed by atoms with Crippen molar-refractivity contribution in [1.82, 2.24) is 0 Å². The van der Waals surface area contributed by atoms with E-state index >= 15 is 0 Å². The van der Waals surface area contributed by atoms with E-state index in [9.17, 15) is 14.4 Å². The molecular formula is C17H12INO4. The van der Waals surface area contributed by atoms with Crippen LogP contribution in [0.25, 0.3) is 5.57 Å². The van der Waals surface area contributed by atoms with Crippen molar-refractivity contribution in [2.45, 2.75) is 0 Å². The summed E-state index contributed by atoms with van der Waals surface area (Å²) in [6, 6.07) is 5.63. The Morgan fingerprint density at radius 3 is 2.91 bits per heavy atom. The molecular weight excluding hydrogens is 409 g/mol. The van der Waals surface area contributed by atoms with Gasteiger partial charge in [-0.15, -0.1) is 0 Å². The summed E-state index contributed by atoms with van der Waals surface area (Å²) in [7, 11) is 1.31. The van der Waals surface area contributed by atoms with Crippen molar-refractivity contribution in [3.05, 3.63) is 45.6 Å². The fourth-order valence-corrected chi connectivity index (χ4v) is 4.46. The number of benzene rings is 1. The lowest BCUT2D eigenvalue weighted by Gasteiger charge is -2.07. The lowest BCUT2D eigenvalue weighted by Crippen LogP contribution is -2.18. The summed E-state index contributed by atoms with van der Waals surface area (Å²) in [4.78, 5) is 36.4. The minimum Gasteiger partial charge on any atom is -0.468 e. The van der Waals surface area contributed by atoms with Gasteiger partial charge in [0.25, 0.3) is 5.91 Å². The highest BCUT2D eigenvalue weighted by molar-refractivity contribution is 14.1. The Morgan fingerprint density at radius 1 is 1.39 bits per heavy atom. The fourth-order valence-electron chi connectivity index (χ4n) is 3.67. The molecule has 0 spiro atoms. The molecule has 2 aliphatic carbocycles. The number of halogens is 1. The average Bonchev–Trinajstić information content (AvgIpc) is 2.85. The number of ketones is 1. The Bertz CT molecular complexity index is 841. The highest BCUT2D eigenvalue weighted by Crippen LogP contribution is 2.65. The van der Waals surface area contributed by atoms with E-state index in [2.05, 4.69) is 27.9 Å². The molecule has 1 heterocycles. The molecule has 5 nitrogen and oxygen atoms in total. The van der Waals surface area contributed by atoms with Gasteiger partial charge in [0.2, 0.25) is 0 Å². The van der Waals surface area contributed by atoms with Gasteiger partial charge in [0.15, 0.2) is 5.78 Å². The van der Waals surface area contributed by atoms with Crippen LogP contribution in [-0.2, 0) is 19.1 Å². The second kappa shape index (κ2) is 4.77. The largest absolute Gasteiger partial charge is 0.468 e. The van der Waals surface area contributed by atoms with Gasteiger partial charge in [-0.2, -0.15) is 0 Å². The van der Waals surface area contributed by atoms with E-state index in [1.165, 1.54) is 13.2 Å². The number of methoxy groups -OCH3 is 1. The molecule has 0 radical (unpaired) electrons. The molecule has 1 aliphatic heterocycles. The van der Waals surface area contributed by atoms with Crippen LogP contribution >= 0.6 is 22.6 Å². The number of ether oxygens (including phenoxy) is 1. The van der Waals surface area contributed by atoms with Gasteiger partial charge in [-0.3, -0.25) is 14.4 Å². The Labute approximate surface area is 145 Å². The number of rotatable bonds is 2. The van der Waals surface area contributed by atoms with Crippen LogP contribution in [0, 0.1) is 20.8 Å². The summed E-state index contributed by atoms with van der Waals surface area (Å²) in [6.07, 6.45) is 4.81. The van der Waals surface area contributed by atoms with E-state index in [4.69, 9.17) is 4.74 Å². The summed E-state index contributed by atoms with van der Waals surface area (Å²) >= 11 is 2.18. The number of nitrogens with one attached hydrogen (secondary N) is 1. The molecule has 1 fully saturated rings. The molecule has 1 N–H and O–H groups in total. The number of esters is 1. The normalized spacial score (nSPS) is 31.8. The van der Waals surface area contributed by atoms with Crippen LogP contribution in [0.5, 0.6) is 0 Å². The maximum Gasteiger partial charge on any atom is 0.317 e. The zero-order valence-corrected chi connectivity index (χ0v) is 14.3. The molecule has 1 saturated carbocycles. The molecule has 1 aromatic rings. The van der Waals surface area contributed by atoms with Crippen LogP contribution in [0.15, 0.2) is 36.4 Å². The number of allylic oxidation sites excluding steroid dienone is 2. The van der Waals surface area contributed by atoms with E-state index in [0.29, 0.717) is 5.57 Å². The molecule has 23 heavy (non-hydrogen) atoms. The highest BCUT2D eigenvalue weighted by atomic mass is 127. The second-order valence-corrected chi connectivity index (χ2v) is 7.02. The molecule has 4 rings (SSSR count). The molecule has 0 bridgehead atoms. The highest BCUT2D eigenvalue weighted by Gasteiger charge is 2.73. The minimum absolute atomic E-state index is 0.0846. The van der Waals surface area contributed by atoms with Gasteiger partial charge in [0, 0.05) is 26.5 Å². The monoisotopic (exact) mass is 421 g/mol. The van der Waals surface area contributed by atoms with Crippen molar-refractivity contribution in [1.29, 1.82) is 0 Å². The van der Waals surface area contributed by atoms with Gasteiger partial charge in [0.1, 0.15) is 5.41 Å². The smallest absolute Gasteiger partial charge is 0.317 e. The quantitative estimate of drug-likeness (QED) is 0.452. The Morgan fingerprint density at radius 2 is 2.17 bits per heavy atom. The molecule has 1 amide bonds. The van der Waals surface area contributed by atoms with Crippen molar-refractivity contribution >= 4 is 51.5 Å². The number of carbonyl (C=O) groups excluding carboxylic acids is 3. The van der Waals surface area contributed by atoms with Crippen molar-refractivity contribution in [3.8, 4) is 0 Å². The molecule has 116 valence electrons. The summed E-state index contributed by atoms with van der Waals surface area (Å²) in [5.74, 6) is -1.48. The van der Waals surface area contributed by atoms with E-state index < -0.39 is 17.3 Å². The molecule has 1 aromatic carbocycles. The molecule has 0 saturated heterocycles. The number of carbonyl (C=O) groups is 3. The van der Waals surface area contributed by atoms with Gasteiger partial charge in [-0.1, -0.05) is 18.2 Å². The first-order valence-corrected chi connectivity index (χ1v) is 8.22. The number of hydrogen-bond donors (Lipinski definition) is 1. The second-order valence-electron chi connectivity index (χ2n) is 5.86. The first kappa shape index (κ1) is 14.6. The zero-order valence-electron chi connectivity index (χ0n) is 12.1. The van der Waals surface area contributed by atoms with E-state index in [1.54, 1.807) is 12.2 Å². The Kier molecular flexibility index (Phi) is 3.03. The maximum atomic E-state index is 12.3. The van der Waals surface area contributed by atoms with Gasteiger partial charge < -0.3 is 10.1 Å². The minimum atomic E-state index is -0.928. The SMILES string of the molecule is COC(=O)[C@@]12C=CC(=O)[C@@H]1[C@H]2/C=C1\C(=O)Nc2cccc(I)c21. The third kappa shape index (κ3) is 1.81. The number of fused-ring (bicyclic) bond motifs is 2. The van der Waals surface area contributed by atoms with Crippen LogP contribution < -0.4 is 5.32 Å². The van der Waals surface area contributed by atoms with Gasteiger partial charge in [-0.05, 0) is 40.8 Å². The molecule has 0 aromatic heterocycles. The Hall–Kier alpha value is -1.96. The topological polar surface area (TPSA) is 72.5 Å². The molecule has 3 atom stereocenters. The van der Waals surface area contributed by atoms with Gasteiger partial charge in [0.05, 0.1) is 12.8 Å². The standard InChI is InChI=1S/C17H12INO4/c1-23-16(22)17-6-5-12(20)14(17)9(17)7-8-13-10(18)3-2-4-11(13)19-15(8)21/h2-7,9,14H,1H3,(H,19,21)/b8-7-/t9-,14+,17-/m1/s1. The van der Waals surface area contributed by atoms with Crippen LogP contribution in [0.2, 0.25) is 0 Å². The molecule has 0 unspecified atom stereocenters. The summed E-state index contributed by atoms with van der Waals surface area (Å²) < 4.78 is 5.82. The van der Waals surface area contributed by atoms with Crippen LogP contribution in [0.1, 0.15) is 5.56 Å². The van der Waals surface area contributed by atoms with E-state index in [0.717, 1.165) is 14.8 Å². The van der Waals surface area contributed by atoms with Gasteiger partial charge >= 0.3 is 5.97 Å². The zero-order chi connectivity index (χ0) is 16.4. The summed E-state index contributed by atoms with van der Waals surface area (Å²) in [5, 5.41) is 2.82. The van der Waals surface area contributed by atoms with Gasteiger partial charge in [-0.25, -0.2) is 0 Å². The first-order valence-electron chi connectivity index (χ1n) is 7.14. The molecule has 3 aliphatic rings. The predicted octanol–water partition coefficient (Wildman–Crippen LogP) is 2.17. The molecule has 6 heteroatoms. The average molecular weight is 421 g/mol. The lowest BCUT2D eigenvalue weighted by atomic mass is 10.00. The summed E-state index contributed by atoms with van der Waals surface area (Å²) in [6.45, 7) is 0. The van der Waals surface area contributed by atoms with E-state index in [-0.39, 0.29) is 17.6 Å². The van der Waals surface area contributed by atoms with Crippen molar-refractivity contribution < 1.29 is 19.1 Å². The predicted molar refractivity (Wildman–Crippen MR) is 91.3 cm³/mol. The Balaban J connectivity index is 1.79. The first-order chi connectivity index (χ1) is 11.0. The van der Waals surface area contributed by atoms with Crippen LogP contribution in [0.4, 0.5) is 5.69 Å².